The SMILES string of the molecule is CCn1nc(C)c(Br)c1COc1c(F)cc(F)cc1Br. The minimum absolute atomic E-state index is 0.0141. The summed E-state index contributed by atoms with van der Waals surface area (Å²) >= 11 is 6.53. The van der Waals surface area contributed by atoms with Crippen LogP contribution < -0.4 is 4.74 Å². The Morgan fingerprint density at radius 2 is 2.00 bits per heavy atom. The zero-order valence-corrected chi connectivity index (χ0v) is 14.1. The largest absolute Gasteiger partial charge is 0.483 e. The number of hydrogen-bond acceptors (Lipinski definition) is 2. The van der Waals surface area contributed by atoms with Crippen LogP contribution in [0.25, 0.3) is 0 Å². The molecule has 0 fully saturated rings. The molecule has 0 atom stereocenters. The Labute approximate surface area is 132 Å². The standard InChI is InChI=1S/C13H12Br2F2N2O/c1-3-19-11(12(15)7(2)18-19)6-20-13-9(14)4-8(16)5-10(13)17/h4-5H,3,6H2,1-2H3. The fourth-order valence-electron chi connectivity index (χ4n) is 1.81. The molecule has 2 rings (SSSR count). The highest BCUT2D eigenvalue weighted by atomic mass is 79.9. The van der Waals surface area contributed by atoms with Gasteiger partial charge in [-0.15, -0.1) is 0 Å². The van der Waals surface area contributed by atoms with E-state index in [1.807, 2.05) is 13.8 Å². The van der Waals surface area contributed by atoms with E-state index < -0.39 is 11.6 Å². The van der Waals surface area contributed by atoms with Crippen molar-refractivity contribution >= 4 is 31.9 Å². The van der Waals surface area contributed by atoms with Gasteiger partial charge in [0.1, 0.15) is 12.4 Å². The van der Waals surface area contributed by atoms with Gasteiger partial charge >= 0.3 is 0 Å². The molecule has 1 aromatic carbocycles. The highest BCUT2D eigenvalue weighted by molar-refractivity contribution is 9.10. The Morgan fingerprint density at radius 1 is 1.30 bits per heavy atom. The zero-order valence-electron chi connectivity index (χ0n) is 10.9. The average molecular weight is 410 g/mol. The lowest BCUT2D eigenvalue weighted by molar-refractivity contribution is 0.274. The average Bonchev–Trinajstić information content (AvgIpc) is 2.64. The Balaban J connectivity index is 2.26. The van der Waals surface area contributed by atoms with Gasteiger partial charge in [-0.05, 0) is 51.8 Å². The van der Waals surface area contributed by atoms with Crippen molar-refractivity contribution in [1.29, 1.82) is 0 Å². The lowest BCUT2D eigenvalue weighted by Gasteiger charge is -2.11. The van der Waals surface area contributed by atoms with Crippen LogP contribution in [-0.2, 0) is 13.2 Å². The molecule has 0 aliphatic heterocycles. The Kier molecular flexibility index (Phi) is 4.80. The molecular weight excluding hydrogens is 398 g/mol. The van der Waals surface area contributed by atoms with Gasteiger partial charge < -0.3 is 4.74 Å². The monoisotopic (exact) mass is 408 g/mol. The third-order valence-corrected chi connectivity index (χ3v) is 4.39. The molecule has 1 aromatic heterocycles. The van der Waals surface area contributed by atoms with Gasteiger partial charge in [-0.1, -0.05) is 0 Å². The summed E-state index contributed by atoms with van der Waals surface area (Å²) in [5.41, 5.74) is 1.64. The van der Waals surface area contributed by atoms with Crippen molar-refractivity contribution in [2.24, 2.45) is 0 Å². The maximum absolute atomic E-state index is 13.7. The van der Waals surface area contributed by atoms with E-state index in [0.717, 1.165) is 28.0 Å². The molecule has 20 heavy (non-hydrogen) atoms. The molecule has 1 heterocycles. The van der Waals surface area contributed by atoms with Gasteiger partial charge in [-0.3, -0.25) is 4.68 Å². The summed E-state index contributed by atoms with van der Waals surface area (Å²) in [5.74, 6) is -1.41. The molecule has 0 spiro atoms. The topological polar surface area (TPSA) is 27.1 Å². The van der Waals surface area contributed by atoms with Crippen LogP contribution in [0.4, 0.5) is 8.78 Å². The van der Waals surface area contributed by atoms with Crippen molar-refractivity contribution < 1.29 is 13.5 Å². The second-order valence-corrected chi connectivity index (χ2v) is 5.80. The number of halogens is 4. The predicted octanol–water partition coefficient (Wildman–Crippen LogP) is 4.59. The highest BCUT2D eigenvalue weighted by Gasteiger charge is 2.16. The van der Waals surface area contributed by atoms with Gasteiger partial charge in [0, 0.05) is 12.6 Å². The zero-order chi connectivity index (χ0) is 14.9. The summed E-state index contributed by atoms with van der Waals surface area (Å²) in [4.78, 5) is 0. The number of rotatable bonds is 4. The first-order valence-electron chi connectivity index (χ1n) is 5.93. The van der Waals surface area contributed by atoms with Crippen LogP contribution in [-0.4, -0.2) is 9.78 Å². The maximum atomic E-state index is 13.7. The van der Waals surface area contributed by atoms with E-state index in [1.165, 1.54) is 0 Å². The summed E-state index contributed by atoms with van der Waals surface area (Å²) in [5, 5.41) is 4.32. The molecule has 0 unspecified atom stereocenters. The fourth-order valence-corrected chi connectivity index (χ4v) is 2.74. The van der Waals surface area contributed by atoms with Gasteiger partial charge in [0.05, 0.1) is 20.3 Å². The third-order valence-electron chi connectivity index (χ3n) is 2.77. The summed E-state index contributed by atoms with van der Waals surface area (Å²) < 4.78 is 35.0. The molecule has 3 nitrogen and oxygen atoms in total. The van der Waals surface area contributed by atoms with E-state index in [4.69, 9.17) is 4.74 Å². The highest BCUT2D eigenvalue weighted by Crippen LogP contribution is 2.31. The fraction of sp³-hybridized carbons (Fsp3) is 0.308. The number of benzene rings is 1. The number of nitrogens with zero attached hydrogens (tertiary/aromatic N) is 2. The molecular formula is C13H12Br2F2N2O. The quantitative estimate of drug-likeness (QED) is 0.738. The lowest BCUT2D eigenvalue weighted by atomic mass is 10.3. The van der Waals surface area contributed by atoms with Gasteiger partial charge in [-0.25, -0.2) is 8.78 Å². The minimum atomic E-state index is -0.743. The van der Waals surface area contributed by atoms with Crippen molar-refractivity contribution in [3.8, 4) is 5.75 Å². The molecule has 0 N–H and O–H groups in total. The second-order valence-electron chi connectivity index (χ2n) is 4.15. The summed E-state index contributed by atoms with van der Waals surface area (Å²) in [7, 11) is 0. The first-order chi connectivity index (χ1) is 9.43. The Morgan fingerprint density at radius 3 is 2.60 bits per heavy atom. The van der Waals surface area contributed by atoms with Gasteiger partial charge in [0.15, 0.2) is 11.6 Å². The smallest absolute Gasteiger partial charge is 0.169 e. The normalized spacial score (nSPS) is 10.9. The first-order valence-corrected chi connectivity index (χ1v) is 7.51. The summed E-state index contributed by atoms with van der Waals surface area (Å²) in [6.45, 7) is 4.64. The molecule has 0 saturated heterocycles. The Hall–Kier alpha value is -0.950. The molecule has 0 amide bonds. The maximum Gasteiger partial charge on any atom is 0.169 e. The van der Waals surface area contributed by atoms with Gasteiger partial charge in [-0.2, -0.15) is 5.10 Å². The van der Waals surface area contributed by atoms with Gasteiger partial charge in [0.2, 0.25) is 0 Å². The Bertz CT molecular complexity index is 621. The van der Waals surface area contributed by atoms with E-state index >= 15 is 0 Å². The molecule has 108 valence electrons. The van der Waals surface area contributed by atoms with Crippen LogP contribution in [0.3, 0.4) is 0 Å². The molecule has 0 aliphatic carbocycles. The molecule has 0 bridgehead atoms. The number of hydrogen-bond donors (Lipinski definition) is 0. The van der Waals surface area contributed by atoms with Crippen LogP contribution in [0.2, 0.25) is 0 Å². The van der Waals surface area contributed by atoms with Crippen molar-refractivity contribution in [2.75, 3.05) is 0 Å². The van der Waals surface area contributed by atoms with E-state index in [2.05, 4.69) is 37.0 Å². The first kappa shape index (κ1) is 15.4. The molecule has 0 saturated carbocycles. The third kappa shape index (κ3) is 3.03. The molecule has 2 aromatic rings. The van der Waals surface area contributed by atoms with Crippen LogP contribution in [0.15, 0.2) is 21.1 Å². The van der Waals surface area contributed by atoms with E-state index in [-0.39, 0.29) is 16.8 Å². The molecule has 0 aliphatic rings. The van der Waals surface area contributed by atoms with Crippen molar-refractivity contribution in [2.45, 2.75) is 27.0 Å². The van der Waals surface area contributed by atoms with Crippen molar-refractivity contribution in [3.05, 3.63) is 44.1 Å². The summed E-state index contributed by atoms with van der Waals surface area (Å²) in [6.07, 6.45) is 0. The van der Waals surface area contributed by atoms with Crippen LogP contribution in [0.1, 0.15) is 18.3 Å². The second kappa shape index (κ2) is 6.22. The molecule has 7 heteroatoms. The van der Waals surface area contributed by atoms with Crippen molar-refractivity contribution in [1.82, 2.24) is 9.78 Å². The number of aryl methyl sites for hydroxylation is 2. The van der Waals surface area contributed by atoms with Crippen LogP contribution >= 0.6 is 31.9 Å². The van der Waals surface area contributed by atoms with E-state index in [9.17, 15) is 8.78 Å². The lowest BCUT2D eigenvalue weighted by Crippen LogP contribution is -2.07. The summed E-state index contributed by atoms with van der Waals surface area (Å²) in [6, 6.07) is 1.95. The van der Waals surface area contributed by atoms with E-state index in [1.54, 1.807) is 4.68 Å². The number of aromatic nitrogens is 2. The molecule has 0 radical (unpaired) electrons. The predicted molar refractivity (Wildman–Crippen MR) is 78.7 cm³/mol. The minimum Gasteiger partial charge on any atom is -0.483 e. The van der Waals surface area contributed by atoms with Crippen molar-refractivity contribution in [3.63, 3.8) is 0 Å². The van der Waals surface area contributed by atoms with Gasteiger partial charge in [0.25, 0.3) is 0 Å². The van der Waals surface area contributed by atoms with Crippen LogP contribution in [0.5, 0.6) is 5.75 Å². The number of ether oxygens (including phenoxy) is 1. The van der Waals surface area contributed by atoms with Crippen LogP contribution in [0, 0.1) is 18.6 Å². The van der Waals surface area contributed by atoms with E-state index in [0.29, 0.717) is 6.54 Å².